The number of alkyl halides is 1. The van der Waals surface area contributed by atoms with Crippen molar-refractivity contribution < 1.29 is 26.4 Å². The second kappa shape index (κ2) is 6.27. The third kappa shape index (κ3) is 5.47. The number of quaternary nitrogens is 1. The molecule has 0 amide bonds. The van der Waals surface area contributed by atoms with E-state index in [2.05, 4.69) is 6.58 Å². The Hall–Kier alpha value is -0.250. The molecule has 0 fully saturated rings. The van der Waals surface area contributed by atoms with Gasteiger partial charge < -0.3 is 17.1 Å². The molecule has 1 atom stereocenters. The summed E-state index contributed by atoms with van der Waals surface area (Å²) in [5.41, 5.74) is 0.293. The molecular formula is C9H17Cl2NO2. The van der Waals surface area contributed by atoms with Crippen molar-refractivity contribution in [3.63, 3.8) is 0 Å². The van der Waals surface area contributed by atoms with E-state index in [1.807, 2.05) is 28.1 Å². The maximum absolute atomic E-state index is 11.2. The number of rotatable bonds is 4. The molecule has 0 aliphatic carbocycles. The van der Waals surface area contributed by atoms with Crippen LogP contribution in [-0.2, 0) is 9.53 Å². The Labute approximate surface area is 96.7 Å². The van der Waals surface area contributed by atoms with E-state index < -0.39 is 5.97 Å². The highest BCUT2D eigenvalue weighted by atomic mass is 35.5. The zero-order valence-electron chi connectivity index (χ0n) is 9.01. The van der Waals surface area contributed by atoms with Crippen LogP contribution >= 0.6 is 11.6 Å². The quantitative estimate of drug-likeness (QED) is 0.195. The van der Waals surface area contributed by atoms with Crippen molar-refractivity contribution in [3.8, 4) is 0 Å². The van der Waals surface area contributed by atoms with E-state index in [4.69, 9.17) is 16.3 Å². The lowest BCUT2D eigenvalue weighted by Crippen LogP contribution is -3.00. The summed E-state index contributed by atoms with van der Waals surface area (Å²) in [4.78, 5) is 11.2. The molecule has 0 aromatic rings. The van der Waals surface area contributed by atoms with E-state index in [0.29, 0.717) is 10.1 Å². The van der Waals surface area contributed by atoms with Gasteiger partial charge in [-0.3, -0.25) is 4.48 Å². The summed E-state index contributed by atoms with van der Waals surface area (Å²) in [7, 11) is 5.84. The second-order valence-corrected chi connectivity index (χ2v) is 4.13. The Bertz CT molecular complexity index is 211. The Morgan fingerprint density at radius 3 is 2.21 bits per heavy atom. The molecule has 0 bridgehead atoms. The summed E-state index contributed by atoms with van der Waals surface area (Å²) < 4.78 is 5.67. The molecule has 14 heavy (non-hydrogen) atoms. The van der Waals surface area contributed by atoms with Gasteiger partial charge in [0, 0.05) is 12.5 Å². The van der Waals surface area contributed by atoms with Gasteiger partial charge in [-0.1, -0.05) is 6.58 Å². The van der Waals surface area contributed by atoms with Gasteiger partial charge in [-0.05, 0) is 0 Å². The average Bonchev–Trinajstić information content (AvgIpc) is 2.01. The molecular weight excluding hydrogens is 225 g/mol. The molecule has 0 N–H and O–H groups in total. The SMILES string of the molecule is C=C(CCl)C(=O)OC(C)[N+](C)(C)C.[Cl-]. The fraction of sp³-hybridized carbons (Fsp3) is 0.667. The van der Waals surface area contributed by atoms with Crippen molar-refractivity contribution in [2.45, 2.75) is 13.2 Å². The van der Waals surface area contributed by atoms with E-state index >= 15 is 0 Å². The lowest BCUT2D eigenvalue weighted by Gasteiger charge is -2.30. The van der Waals surface area contributed by atoms with Crippen molar-refractivity contribution in [1.82, 2.24) is 0 Å². The molecule has 0 aromatic carbocycles. The molecule has 84 valence electrons. The molecule has 0 aliphatic heterocycles. The fourth-order valence-electron chi connectivity index (χ4n) is 0.451. The lowest BCUT2D eigenvalue weighted by molar-refractivity contribution is -0.914. The number of hydrogen-bond acceptors (Lipinski definition) is 2. The number of ether oxygens (including phenoxy) is 1. The molecule has 0 aromatic heterocycles. The average molecular weight is 242 g/mol. The van der Waals surface area contributed by atoms with Crippen LogP contribution < -0.4 is 12.4 Å². The Balaban J connectivity index is 0. The van der Waals surface area contributed by atoms with Gasteiger partial charge in [0.2, 0.25) is 6.23 Å². The van der Waals surface area contributed by atoms with Crippen molar-refractivity contribution in [3.05, 3.63) is 12.2 Å². The van der Waals surface area contributed by atoms with Crippen LogP contribution in [0, 0.1) is 0 Å². The zero-order chi connectivity index (χ0) is 10.6. The third-order valence-electron chi connectivity index (χ3n) is 1.82. The van der Waals surface area contributed by atoms with Crippen molar-refractivity contribution in [2.24, 2.45) is 0 Å². The summed E-state index contributed by atoms with van der Waals surface area (Å²) in [6.07, 6.45) is -0.201. The maximum atomic E-state index is 11.2. The largest absolute Gasteiger partial charge is 1.00 e. The number of hydrogen-bond donors (Lipinski definition) is 0. The van der Waals surface area contributed by atoms with Crippen LogP contribution in [-0.4, -0.2) is 43.7 Å². The highest BCUT2D eigenvalue weighted by Gasteiger charge is 2.23. The van der Waals surface area contributed by atoms with Crippen LogP contribution in [0.15, 0.2) is 12.2 Å². The monoisotopic (exact) mass is 241 g/mol. The van der Waals surface area contributed by atoms with Crippen molar-refractivity contribution >= 4 is 17.6 Å². The number of carbonyl (C=O) groups excluding carboxylic acids is 1. The van der Waals surface area contributed by atoms with Gasteiger partial charge >= 0.3 is 5.97 Å². The zero-order valence-corrected chi connectivity index (χ0v) is 10.5. The molecule has 0 saturated heterocycles. The van der Waals surface area contributed by atoms with Gasteiger partial charge in [0.25, 0.3) is 0 Å². The highest BCUT2D eigenvalue weighted by Crippen LogP contribution is 2.07. The maximum Gasteiger partial charge on any atom is 0.339 e. The predicted octanol–water partition coefficient (Wildman–Crippen LogP) is -1.62. The van der Waals surface area contributed by atoms with Gasteiger partial charge in [0.1, 0.15) is 0 Å². The number of esters is 1. The Morgan fingerprint density at radius 2 is 1.93 bits per heavy atom. The minimum atomic E-state index is -0.421. The van der Waals surface area contributed by atoms with Crippen molar-refractivity contribution in [1.29, 1.82) is 0 Å². The Morgan fingerprint density at radius 1 is 1.50 bits per heavy atom. The molecule has 1 unspecified atom stereocenters. The Kier molecular flexibility index (Phi) is 7.26. The smallest absolute Gasteiger partial charge is 0.339 e. The van der Waals surface area contributed by atoms with Crippen LogP contribution in [0.3, 0.4) is 0 Å². The van der Waals surface area contributed by atoms with E-state index in [1.165, 1.54) is 0 Å². The summed E-state index contributed by atoms with van der Waals surface area (Å²) in [6, 6.07) is 0. The number of nitrogens with zero attached hydrogens (tertiary/aromatic N) is 1. The van der Waals surface area contributed by atoms with Crippen LogP contribution in [0.25, 0.3) is 0 Å². The highest BCUT2D eigenvalue weighted by molar-refractivity contribution is 6.22. The summed E-state index contributed by atoms with van der Waals surface area (Å²) in [5.74, 6) is -0.307. The van der Waals surface area contributed by atoms with Crippen LogP contribution in [0.4, 0.5) is 0 Å². The number of carbonyl (C=O) groups is 1. The second-order valence-electron chi connectivity index (χ2n) is 3.86. The topological polar surface area (TPSA) is 26.3 Å². The van der Waals surface area contributed by atoms with Gasteiger partial charge in [-0.25, -0.2) is 4.79 Å². The summed E-state index contributed by atoms with van der Waals surface area (Å²) in [6.45, 7) is 5.33. The van der Waals surface area contributed by atoms with Crippen molar-refractivity contribution in [2.75, 3.05) is 27.0 Å². The van der Waals surface area contributed by atoms with Gasteiger partial charge in [-0.15, -0.1) is 11.6 Å². The van der Waals surface area contributed by atoms with Gasteiger partial charge in [0.05, 0.1) is 27.0 Å². The first kappa shape index (κ1) is 16.2. The van der Waals surface area contributed by atoms with E-state index in [1.54, 1.807) is 0 Å². The van der Waals surface area contributed by atoms with Crippen LogP contribution in [0.2, 0.25) is 0 Å². The molecule has 0 saturated carbocycles. The summed E-state index contributed by atoms with van der Waals surface area (Å²) >= 11 is 5.44. The van der Waals surface area contributed by atoms with Gasteiger partial charge in [-0.2, -0.15) is 0 Å². The van der Waals surface area contributed by atoms with Crippen LogP contribution in [0.5, 0.6) is 0 Å². The predicted molar refractivity (Wildman–Crippen MR) is 53.4 cm³/mol. The lowest BCUT2D eigenvalue weighted by atomic mass is 10.3. The molecule has 0 heterocycles. The first-order chi connectivity index (χ1) is 5.79. The summed E-state index contributed by atoms with van der Waals surface area (Å²) in [5, 5.41) is 0. The number of halogens is 2. The minimum Gasteiger partial charge on any atom is -1.00 e. The molecule has 3 nitrogen and oxygen atoms in total. The normalized spacial score (nSPS) is 12.6. The van der Waals surface area contributed by atoms with E-state index in [0.717, 1.165) is 0 Å². The third-order valence-corrected chi connectivity index (χ3v) is 2.14. The molecule has 0 rings (SSSR count). The molecule has 0 radical (unpaired) electrons. The first-order valence-corrected chi connectivity index (χ1v) is 4.58. The fourth-order valence-corrected chi connectivity index (χ4v) is 0.560. The van der Waals surface area contributed by atoms with E-state index in [-0.39, 0.29) is 24.5 Å². The minimum absolute atomic E-state index is 0. The van der Waals surface area contributed by atoms with Gasteiger partial charge in [0.15, 0.2) is 0 Å². The standard InChI is InChI=1S/C9H17ClNO2.ClH/c1-7(6-10)9(12)13-8(2)11(3,4)5;/h8H,1,6H2,2-5H3;1H/q+1;/p-1. The molecule has 0 spiro atoms. The van der Waals surface area contributed by atoms with E-state index in [9.17, 15) is 4.79 Å². The van der Waals surface area contributed by atoms with Crippen LogP contribution in [0.1, 0.15) is 6.92 Å². The molecule has 0 aliphatic rings. The first-order valence-electron chi connectivity index (χ1n) is 4.05. The molecule has 5 heteroatoms.